The molecule has 0 aliphatic heterocycles. The lowest BCUT2D eigenvalue weighted by atomic mass is 10.1. The van der Waals surface area contributed by atoms with E-state index in [0.29, 0.717) is 6.04 Å². The predicted octanol–water partition coefficient (Wildman–Crippen LogP) is 5.37. The van der Waals surface area contributed by atoms with Gasteiger partial charge in [0.25, 0.3) is 0 Å². The average molecular weight is 383 g/mol. The minimum atomic E-state index is 0.319. The summed E-state index contributed by atoms with van der Waals surface area (Å²) in [6, 6.07) is 15.1. The summed E-state index contributed by atoms with van der Waals surface area (Å²) in [5.74, 6) is 0. The van der Waals surface area contributed by atoms with E-state index in [1.165, 1.54) is 16.7 Å². The summed E-state index contributed by atoms with van der Waals surface area (Å²) in [5.41, 5.74) is 3.86. The lowest BCUT2D eigenvalue weighted by Crippen LogP contribution is -2.18. The molecule has 0 spiro atoms. The van der Waals surface area contributed by atoms with Crippen molar-refractivity contribution >= 4 is 31.9 Å². The van der Waals surface area contributed by atoms with E-state index >= 15 is 0 Å². The van der Waals surface area contributed by atoms with Crippen LogP contribution in [0.2, 0.25) is 0 Å². The number of nitrogens with one attached hydrogen (secondary N) is 1. The molecule has 1 N–H and O–H groups in total. The van der Waals surface area contributed by atoms with Crippen molar-refractivity contribution in [2.45, 2.75) is 26.4 Å². The predicted molar refractivity (Wildman–Crippen MR) is 88.3 cm³/mol. The lowest BCUT2D eigenvalue weighted by molar-refractivity contribution is 0.572. The molecular formula is C16H17Br2N. The Labute approximate surface area is 131 Å². The van der Waals surface area contributed by atoms with E-state index in [1.54, 1.807) is 0 Å². The third-order valence-electron chi connectivity index (χ3n) is 3.21. The Hall–Kier alpha value is -0.640. The molecule has 19 heavy (non-hydrogen) atoms. The number of hydrogen-bond acceptors (Lipinski definition) is 1. The van der Waals surface area contributed by atoms with Crippen LogP contribution in [0, 0.1) is 6.92 Å². The van der Waals surface area contributed by atoms with Crippen LogP contribution in [-0.2, 0) is 6.54 Å². The maximum atomic E-state index is 3.60. The number of aryl methyl sites for hydroxylation is 1. The second kappa shape index (κ2) is 6.69. The second-order valence-corrected chi connectivity index (χ2v) is 6.42. The van der Waals surface area contributed by atoms with Crippen LogP contribution < -0.4 is 5.32 Å². The van der Waals surface area contributed by atoms with Crippen molar-refractivity contribution in [3.05, 3.63) is 68.1 Å². The van der Waals surface area contributed by atoms with Gasteiger partial charge in [-0.25, -0.2) is 0 Å². The van der Waals surface area contributed by atoms with Crippen LogP contribution in [0.1, 0.15) is 29.7 Å². The average Bonchev–Trinajstić information content (AvgIpc) is 2.40. The Morgan fingerprint density at radius 3 is 2.47 bits per heavy atom. The van der Waals surface area contributed by atoms with Gasteiger partial charge < -0.3 is 5.32 Å². The molecule has 0 amide bonds. The molecule has 2 aromatic rings. The highest BCUT2D eigenvalue weighted by Gasteiger charge is 2.08. The van der Waals surface area contributed by atoms with Gasteiger partial charge in [0.2, 0.25) is 0 Å². The maximum Gasteiger partial charge on any atom is 0.0306 e. The Morgan fingerprint density at radius 1 is 1.05 bits per heavy atom. The Balaban J connectivity index is 2.02. The third kappa shape index (κ3) is 3.91. The summed E-state index contributed by atoms with van der Waals surface area (Å²) in [7, 11) is 0. The molecule has 2 rings (SSSR count). The zero-order valence-corrected chi connectivity index (χ0v) is 14.3. The molecule has 0 aliphatic rings. The molecule has 0 bridgehead atoms. The highest BCUT2D eigenvalue weighted by Crippen LogP contribution is 2.23. The van der Waals surface area contributed by atoms with Crippen molar-refractivity contribution in [1.29, 1.82) is 0 Å². The summed E-state index contributed by atoms with van der Waals surface area (Å²) in [5, 5.41) is 3.56. The minimum Gasteiger partial charge on any atom is -0.306 e. The quantitative estimate of drug-likeness (QED) is 0.749. The molecule has 2 aromatic carbocycles. The fraction of sp³-hybridized carbons (Fsp3) is 0.250. The lowest BCUT2D eigenvalue weighted by Gasteiger charge is -2.16. The second-order valence-electron chi connectivity index (χ2n) is 4.71. The van der Waals surface area contributed by atoms with Crippen LogP contribution in [0.25, 0.3) is 0 Å². The molecule has 0 saturated heterocycles. The Kier molecular flexibility index (Phi) is 5.20. The van der Waals surface area contributed by atoms with Gasteiger partial charge in [0.15, 0.2) is 0 Å². The van der Waals surface area contributed by atoms with Crippen molar-refractivity contribution in [3.63, 3.8) is 0 Å². The van der Waals surface area contributed by atoms with Crippen molar-refractivity contribution in [2.75, 3.05) is 0 Å². The van der Waals surface area contributed by atoms with Crippen LogP contribution in [0.15, 0.2) is 51.4 Å². The van der Waals surface area contributed by atoms with Crippen LogP contribution in [-0.4, -0.2) is 0 Å². The van der Waals surface area contributed by atoms with E-state index in [1.807, 2.05) is 6.07 Å². The van der Waals surface area contributed by atoms with E-state index in [4.69, 9.17) is 0 Å². The monoisotopic (exact) mass is 381 g/mol. The van der Waals surface area contributed by atoms with Gasteiger partial charge in [-0.05, 0) is 42.7 Å². The van der Waals surface area contributed by atoms with Crippen LogP contribution in [0.5, 0.6) is 0 Å². The van der Waals surface area contributed by atoms with Gasteiger partial charge in [-0.1, -0.05) is 62.2 Å². The first-order chi connectivity index (χ1) is 9.08. The number of hydrogen-bond donors (Lipinski definition) is 1. The van der Waals surface area contributed by atoms with Crippen molar-refractivity contribution in [1.82, 2.24) is 5.32 Å². The topological polar surface area (TPSA) is 12.0 Å². The molecular weight excluding hydrogens is 366 g/mol. The van der Waals surface area contributed by atoms with E-state index in [0.717, 1.165) is 15.5 Å². The van der Waals surface area contributed by atoms with E-state index in [9.17, 15) is 0 Å². The van der Waals surface area contributed by atoms with Crippen molar-refractivity contribution < 1.29 is 0 Å². The first-order valence-electron chi connectivity index (χ1n) is 6.31. The fourth-order valence-corrected chi connectivity index (χ4v) is 2.90. The summed E-state index contributed by atoms with van der Waals surface area (Å²) in [6.45, 7) is 5.17. The van der Waals surface area contributed by atoms with Crippen LogP contribution >= 0.6 is 31.9 Å². The summed E-state index contributed by atoms with van der Waals surface area (Å²) in [6.07, 6.45) is 0. The Bertz CT molecular complexity index is 566. The van der Waals surface area contributed by atoms with E-state index in [-0.39, 0.29) is 0 Å². The van der Waals surface area contributed by atoms with Gasteiger partial charge >= 0.3 is 0 Å². The molecule has 100 valence electrons. The molecule has 1 atom stereocenters. The maximum absolute atomic E-state index is 3.60. The molecule has 0 fully saturated rings. The van der Waals surface area contributed by atoms with Gasteiger partial charge in [0.05, 0.1) is 0 Å². The van der Waals surface area contributed by atoms with Gasteiger partial charge in [0, 0.05) is 21.5 Å². The highest BCUT2D eigenvalue weighted by molar-refractivity contribution is 9.10. The Morgan fingerprint density at radius 2 is 1.79 bits per heavy atom. The van der Waals surface area contributed by atoms with Crippen molar-refractivity contribution in [3.8, 4) is 0 Å². The van der Waals surface area contributed by atoms with Gasteiger partial charge in [-0.2, -0.15) is 0 Å². The SMILES string of the molecule is Cc1cc(CN[C@@H](C)c2ccccc2Br)ccc1Br. The molecule has 0 heterocycles. The molecule has 0 radical (unpaired) electrons. The fourth-order valence-electron chi connectivity index (χ4n) is 2.02. The van der Waals surface area contributed by atoms with E-state index < -0.39 is 0 Å². The molecule has 0 unspecified atom stereocenters. The van der Waals surface area contributed by atoms with Crippen LogP contribution in [0.3, 0.4) is 0 Å². The van der Waals surface area contributed by atoms with Crippen molar-refractivity contribution in [2.24, 2.45) is 0 Å². The standard InChI is InChI=1S/C16H17Br2N/c1-11-9-13(7-8-15(11)17)10-19-12(2)14-5-3-4-6-16(14)18/h3-9,12,19H,10H2,1-2H3/t12-/m0/s1. The number of halogens is 2. The molecule has 0 aliphatic carbocycles. The largest absolute Gasteiger partial charge is 0.306 e. The minimum absolute atomic E-state index is 0.319. The molecule has 0 aromatic heterocycles. The smallest absolute Gasteiger partial charge is 0.0306 e. The summed E-state index contributed by atoms with van der Waals surface area (Å²) >= 11 is 7.13. The van der Waals surface area contributed by atoms with Gasteiger partial charge in [-0.15, -0.1) is 0 Å². The first kappa shape index (κ1) is 14.8. The zero-order valence-electron chi connectivity index (χ0n) is 11.1. The summed E-state index contributed by atoms with van der Waals surface area (Å²) in [4.78, 5) is 0. The zero-order chi connectivity index (χ0) is 13.8. The summed E-state index contributed by atoms with van der Waals surface area (Å²) < 4.78 is 2.32. The normalized spacial score (nSPS) is 12.4. The number of rotatable bonds is 4. The third-order valence-corrected chi connectivity index (χ3v) is 4.82. The first-order valence-corrected chi connectivity index (χ1v) is 7.89. The molecule has 0 saturated carbocycles. The van der Waals surface area contributed by atoms with E-state index in [2.05, 4.69) is 87.4 Å². The molecule has 3 heteroatoms. The van der Waals surface area contributed by atoms with Crippen LogP contribution in [0.4, 0.5) is 0 Å². The van der Waals surface area contributed by atoms with Gasteiger partial charge in [-0.3, -0.25) is 0 Å². The van der Waals surface area contributed by atoms with Gasteiger partial charge in [0.1, 0.15) is 0 Å². The highest BCUT2D eigenvalue weighted by atomic mass is 79.9. The molecule has 1 nitrogen and oxygen atoms in total. The number of benzene rings is 2.